The van der Waals surface area contributed by atoms with Gasteiger partial charge in [0.05, 0.1) is 12.5 Å². The van der Waals surface area contributed by atoms with Gasteiger partial charge in [-0.3, -0.25) is 19.2 Å². The molecule has 0 bridgehead atoms. The van der Waals surface area contributed by atoms with Gasteiger partial charge in [0.2, 0.25) is 17.7 Å². The van der Waals surface area contributed by atoms with Crippen molar-refractivity contribution in [3.8, 4) is 0 Å². The highest BCUT2D eigenvalue weighted by Crippen LogP contribution is 2.16. The standard InChI is InChI=1S/C19H24N4O5/c24-16(25)9-14-19(28)23(11-12-5-2-1-3-6-12)15(18(27)22-14)10-21-17(26)13-7-4-8-20-13/h1-3,5-6,13-15,20H,4,7-11H2,(H,21,26)(H,22,27)(H,24,25)/t13-,14-,15-/m0/s1. The molecule has 0 aliphatic carbocycles. The van der Waals surface area contributed by atoms with Crippen LogP contribution in [0.3, 0.4) is 0 Å². The van der Waals surface area contributed by atoms with Gasteiger partial charge >= 0.3 is 5.97 Å². The highest BCUT2D eigenvalue weighted by molar-refractivity contribution is 5.99. The van der Waals surface area contributed by atoms with Gasteiger partial charge in [0.15, 0.2) is 0 Å². The summed E-state index contributed by atoms with van der Waals surface area (Å²) < 4.78 is 0. The molecule has 4 N–H and O–H groups in total. The molecule has 0 aromatic heterocycles. The first-order valence-corrected chi connectivity index (χ1v) is 9.33. The van der Waals surface area contributed by atoms with Gasteiger partial charge in [0, 0.05) is 13.1 Å². The van der Waals surface area contributed by atoms with Crippen LogP contribution in [0.1, 0.15) is 24.8 Å². The number of amides is 3. The molecule has 1 aromatic carbocycles. The maximum Gasteiger partial charge on any atom is 0.305 e. The SMILES string of the molecule is O=C(O)C[C@@H]1NC(=O)[C@H](CNC(=O)[C@@H]2CCCN2)N(Cc2ccccc2)C1=O. The fraction of sp³-hybridized carbons (Fsp3) is 0.474. The first-order chi connectivity index (χ1) is 13.5. The van der Waals surface area contributed by atoms with Crippen LogP contribution in [0.2, 0.25) is 0 Å². The first kappa shape index (κ1) is 19.8. The van der Waals surface area contributed by atoms with Crippen LogP contribution in [0, 0.1) is 0 Å². The van der Waals surface area contributed by atoms with Crippen LogP contribution in [0.4, 0.5) is 0 Å². The summed E-state index contributed by atoms with van der Waals surface area (Å²) in [6.07, 6.45) is 1.16. The van der Waals surface area contributed by atoms with Crippen molar-refractivity contribution in [2.45, 2.75) is 43.9 Å². The van der Waals surface area contributed by atoms with E-state index in [-0.39, 0.29) is 25.0 Å². The lowest BCUT2D eigenvalue weighted by Crippen LogP contribution is -2.66. The number of carboxylic acids is 1. The van der Waals surface area contributed by atoms with Crippen LogP contribution >= 0.6 is 0 Å². The van der Waals surface area contributed by atoms with E-state index in [0.29, 0.717) is 0 Å². The molecular weight excluding hydrogens is 364 g/mol. The smallest absolute Gasteiger partial charge is 0.305 e. The number of carboxylic acid groups (broad SMARTS) is 1. The van der Waals surface area contributed by atoms with E-state index in [4.69, 9.17) is 5.11 Å². The Hall–Kier alpha value is -2.94. The molecule has 0 spiro atoms. The molecule has 2 aliphatic rings. The van der Waals surface area contributed by atoms with Gasteiger partial charge in [0.25, 0.3) is 0 Å². The number of hydrogen-bond acceptors (Lipinski definition) is 5. The average Bonchev–Trinajstić information content (AvgIpc) is 3.20. The third-order valence-corrected chi connectivity index (χ3v) is 5.00. The van der Waals surface area contributed by atoms with Crippen LogP contribution in [0.25, 0.3) is 0 Å². The minimum Gasteiger partial charge on any atom is -0.481 e. The molecule has 3 rings (SSSR count). The first-order valence-electron chi connectivity index (χ1n) is 9.33. The number of carbonyl (C=O) groups is 4. The Labute approximate surface area is 162 Å². The normalized spacial score (nSPS) is 24.7. The van der Waals surface area contributed by atoms with Crippen molar-refractivity contribution in [2.24, 2.45) is 0 Å². The summed E-state index contributed by atoms with van der Waals surface area (Å²) >= 11 is 0. The predicted molar refractivity (Wildman–Crippen MR) is 99.0 cm³/mol. The van der Waals surface area contributed by atoms with E-state index in [0.717, 1.165) is 24.9 Å². The highest BCUT2D eigenvalue weighted by Gasteiger charge is 2.41. The van der Waals surface area contributed by atoms with Crippen molar-refractivity contribution < 1.29 is 24.3 Å². The molecule has 2 saturated heterocycles. The molecule has 3 atom stereocenters. The van der Waals surface area contributed by atoms with Crippen molar-refractivity contribution in [2.75, 3.05) is 13.1 Å². The minimum atomic E-state index is -1.17. The van der Waals surface area contributed by atoms with Gasteiger partial charge in [-0.05, 0) is 24.9 Å². The molecule has 2 aliphatic heterocycles. The summed E-state index contributed by atoms with van der Waals surface area (Å²) in [5.41, 5.74) is 0.813. The summed E-state index contributed by atoms with van der Waals surface area (Å²) in [7, 11) is 0. The summed E-state index contributed by atoms with van der Waals surface area (Å²) in [5, 5.41) is 17.3. The highest BCUT2D eigenvalue weighted by atomic mass is 16.4. The Morgan fingerprint density at radius 2 is 1.96 bits per heavy atom. The van der Waals surface area contributed by atoms with E-state index >= 15 is 0 Å². The van der Waals surface area contributed by atoms with E-state index in [1.165, 1.54) is 4.90 Å². The van der Waals surface area contributed by atoms with Gasteiger partial charge < -0.3 is 26.0 Å². The molecule has 2 fully saturated rings. The number of rotatable bonds is 7. The number of piperazine rings is 1. The fourth-order valence-electron chi connectivity index (χ4n) is 3.54. The zero-order valence-electron chi connectivity index (χ0n) is 15.4. The average molecular weight is 388 g/mol. The van der Waals surface area contributed by atoms with Crippen LogP contribution in [-0.4, -0.2) is 64.9 Å². The molecule has 3 amide bonds. The largest absolute Gasteiger partial charge is 0.481 e. The molecule has 0 saturated carbocycles. The van der Waals surface area contributed by atoms with E-state index in [2.05, 4.69) is 16.0 Å². The van der Waals surface area contributed by atoms with Crippen LogP contribution in [-0.2, 0) is 25.7 Å². The van der Waals surface area contributed by atoms with Crippen molar-refractivity contribution in [1.82, 2.24) is 20.9 Å². The Morgan fingerprint density at radius 3 is 2.61 bits per heavy atom. The lowest BCUT2D eigenvalue weighted by molar-refractivity contribution is -0.153. The quantitative estimate of drug-likeness (QED) is 0.485. The molecule has 2 heterocycles. The Morgan fingerprint density at radius 1 is 1.21 bits per heavy atom. The summed E-state index contributed by atoms with van der Waals surface area (Å²) in [6, 6.07) is 6.83. The second-order valence-electron chi connectivity index (χ2n) is 7.02. The van der Waals surface area contributed by atoms with Crippen LogP contribution < -0.4 is 16.0 Å². The van der Waals surface area contributed by atoms with Crippen molar-refractivity contribution in [3.05, 3.63) is 35.9 Å². The van der Waals surface area contributed by atoms with Crippen molar-refractivity contribution >= 4 is 23.7 Å². The van der Waals surface area contributed by atoms with E-state index in [1.807, 2.05) is 30.3 Å². The van der Waals surface area contributed by atoms with Gasteiger partial charge in [-0.2, -0.15) is 0 Å². The van der Waals surface area contributed by atoms with Gasteiger partial charge in [-0.15, -0.1) is 0 Å². The molecule has 9 nitrogen and oxygen atoms in total. The Balaban J connectivity index is 1.74. The molecule has 0 radical (unpaired) electrons. The van der Waals surface area contributed by atoms with Crippen molar-refractivity contribution in [1.29, 1.82) is 0 Å². The predicted octanol–water partition coefficient (Wildman–Crippen LogP) is -0.775. The summed E-state index contributed by atoms with van der Waals surface area (Å²) in [5.74, 6) is -2.31. The molecule has 150 valence electrons. The molecule has 0 unspecified atom stereocenters. The second kappa shape index (κ2) is 8.83. The zero-order chi connectivity index (χ0) is 20.1. The van der Waals surface area contributed by atoms with Gasteiger partial charge in [0.1, 0.15) is 12.1 Å². The Kier molecular flexibility index (Phi) is 6.25. The monoisotopic (exact) mass is 388 g/mol. The number of benzene rings is 1. The summed E-state index contributed by atoms with van der Waals surface area (Å²) in [6.45, 7) is 0.907. The molecular formula is C19H24N4O5. The van der Waals surface area contributed by atoms with Gasteiger partial charge in [-0.1, -0.05) is 30.3 Å². The van der Waals surface area contributed by atoms with Crippen LogP contribution in [0.15, 0.2) is 30.3 Å². The number of nitrogens with zero attached hydrogens (tertiary/aromatic N) is 1. The van der Waals surface area contributed by atoms with Crippen LogP contribution in [0.5, 0.6) is 0 Å². The minimum absolute atomic E-state index is 0.0266. The van der Waals surface area contributed by atoms with E-state index in [9.17, 15) is 19.2 Å². The third-order valence-electron chi connectivity index (χ3n) is 5.00. The fourth-order valence-corrected chi connectivity index (χ4v) is 3.54. The van der Waals surface area contributed by atoms with Gasteiger partial charge in [-0.25, -0.2) is 0 Å². The van der Waals surface area contributed by atoms with E-state index in [1.54, 1.807) is 0 Å². The van der Waals surface area contributed by atoms with Crippen molar-refractivity contribution in [3.63, 3.8) is 0 Å². The lowest BCUT2D eigenvalue weighted by Gasteiger charge is -2.38. The lowest BCUT2D eigenvalue weighted by atomic mass is 10.0. The molecule has 9 heteroatoms. The number of nitrogens with one attached hydrogen (secondary N) is 3. The zero-order valence-corrected chi connectivity index (χ0v) is 15.4. The Bertz CT molecular complexity index is 748. The summed E-state index contributed by atoms with van der Waals surface area (Å²) in [4.78, 5) is 50.1. The van der Waals surface area contributed by atoms with E-state index < -0.39 is 36.3 Å². The number of hydrogen-bond donors (Lipinski definition) is 4. The third kappa shape index (κ3) is 4.66. The second-order valence-corrected chi connectivity index (χ2v) is 7.02. The maximum absolute atomic E-state index is 12.8. The number of aliphatic carboxylic acids is 1. The maximum atomic E-state index is 12.8. The topological polar surface area (TPSA) is 128 Å². The number of carbonyl (C=O) groups excluding carboxylic acids is 3. The molecule has 1 aromatic rings. The molecule has 28 heavy (non-hydrogen) atoms.